The molecule has 6 nitrogen and oxygen atoms in total. The molecule has 2 radical (unpaired) electrons. The third-order valence-electron chi connectivity index (χ3n) is 1.43. The maximum Gasteiger partial charge on any atom is 0.120 e. The SMILES string of the molecule is C[n+]1[c-]n(C(C)(C)C)cc1.[C-]#[O+].[C-]#[O+].[Co].[N]=O. The Morgan fingerprint density at radius 1 is 1.24 bits per heavy atom. The molecule has 17 heavy (non-hydrogen) atoms. The van der Waals surface area contributed by atoms with E-state index in [0.29, 0.717) is 0 Å². The van der Waals surface area contributed by atoms with Gasteiger partial charge >= 0.3 is 22.6 Å². The van der Waals surface area contributed by atoms with Gasteiger partial charge in [-0.05, 0) is 33.2 Å². The molecule has 0 aliphatic carbocycles. The van der Waals surface area contributed by atoms with Gasteiger partial charge in [0.15, 0.2) is 0 Å². The molecule has 0 aliphatic heterocycles. The van der Waals surface area contributed by atoms with E-state index < -0.39 is 0 Å². The summed E-state index contributed by atoms with van der Waals surface area (Å²) in [6.07, 6.45) is 7.17. The second-order valence-corrected chi connectivity index (χ2v) is 3.55. The van der Waals surface area contributed by atoms with Crippen LogP contribution in [-0.4, -0.2) is 4.57 Å². The summed E-state index contributed by atoms with van der Waals surface area (Å²) in [5.74, 6) is 0. The van der Waals surface area contributed by atoms with Crippen molar-refractivity contribution in [3.8, 4) is 0 Å². The van der Waals surface area contributed by atoms with Crippen LogP contribution in [-0.2, 0) is 38.7 Å². The standard InChI is InChI=1S/C8H14N2.2CO.Co.NO/c1-8(2,3)10-6-5-9(4)7-10;2*1-2;;1-2/h5-6H,1-4H3;;;;. The zero-order valence-corrected chi connectivity index (χ0v) is 11.1. The normalized spacial score (nSPS) is 7.53. The molecule has 0 aromatic carbocycles. The van der Waals surface area contributed by atoms with Gasteiger partial charge in [-0.3, -0.25) is 0 Å². The molecule has 0 saturated carbocycles. The molecule has 96 valence electrons. The average molecular weight is 283 g/mol. The Morgan fingerprint density at radius 2 is 1.59 bits per heavy atom. The number of aromatic nitrogens is 2. The number of hydrogen-bond acceptors (Lipinski definition) is 1. The van der Waals surface area contributed by atoms with Crippen molar-refractivity contribution in [1.29, 1.82) is 0 Å². The van der Waals surface area contributed by atoms with Crippen LogP contribution in [0.15, 0.2) is 12.4 Å². The smallest absolute Gasteiger partial charge is 0.120 e. The molecule has 1 aromatic heterocycles. The molecule has 0 saturated heterocycles. The molecule has 1 heterocycles. The van der Waals surface area contributed by atoms with E-state index in [1.54, 1.807) is 0 Å². The van der Waals surface area contributed by atoms with Gasteiger partial charge in [0, 0.05) is 16.8 Å². The number of hydrogen-bond donors (Lipinski definition) is 0. The first-order valence-electron chi connectivity index (χ1n) is 4.06. The molecule has 1 rings (SSSR count). The fourth-order valence-electron chi connectivity index (χ4n) is 0.777. The zero-order chi connectivity index (χ0) is 13.8. The Bertz CT molecular complexity index is 309. The van der Waals surface area contributed by atoms with E-state index >= 15 is 0 Å². The fraction of sp³-hybridized carbons (Fsp3) is 0.500. The van der Waals surface area contributed by atoms with Gasteiger partial charge in [-0.2, -0.15) is 0 Å². The summed E-state index contributed by atoms with van der Waals surface area (Å²) in [6, 6.07) is 0. The van der Waals surface area contributed by atoms with Crippen LogP contribution in [0.25, 0.3) is 0 Å². The van der Waals surface area contributed by atoms with Crippen LogP contribution in [0.3, 0.4) is 0 Å². The molecular weight excluding hydrogens is 269 g/mol. The van der Waals surface area contributed by atoms with Crippen LogP contribution in [0.5, 0.6) is 0 Å². The summed E-state index contributed by atoms with van der Waals surface area (Å²) >= 11 is 0. The maximum atomic E-state index is 7.50. The Hall–Kier alpha value is -1.20. The van der Waals surface area contributed by atoms with Gasteiger partial charge in [-0.15, -0.1) is 4.91 Å². The number of nitrogens with zero attached hydrogens (tertiary/aromatic N) is 3. The molecule has 0 N–H and O–H groups in total. The minimum Gasteiger partial charge on any atom is -0.120 e. The second-order valence-electron chi connectivity index (χ2n) is 3.55. The molecule has 0 atom stereocenters. The quantitative estimate of drug-likeness (QED) is 0.383. The summed E-state index contributed by atoms with van der Waals surface area (Å²) in [5.41, 5.74) is 5.90. The fourth-order valence-corrected chi connectivity index (χ4v) is 0.777. The Morgan fingerprint density at radius 3 is 1.71 bits per heavy atom. The van der Waals surface area contributed by atoms with Gasteiger partial charge in [0.1, 0.15) is 5.59 Å². The predicted octanol–water partition coefficient (Wildman–Crippen LogP) is 0.343. The number of imidazole rings is 1. The van der Waals surface area contributed by atoms with E-state index in [4.69, 9.17) is 19.8 Å². The molecule has 7 heteroatoms. The molecule has 0 spiro atoms. The number of rotatable bonds is 0. The van der Waals surface area contributed by atoms with Crippen LogP contribution in [0, 0.1) is 24.5 Å². The molecule has 1 aromatic rings. The monoisotopic (exact) mass is 283 g/mol. The van der Waals surface area contributed by atoms with Crippen molar-refractivity contribution in [2.45, 2.75) is 26.3 Å². The Labute approximate surface area is 111 Å². The van der Waals surface area contributed by atoms with Gasteiger partial charge in [0.25, 0.3) is 0 Å². The molecule has 0 bridgehead atoms. The molecule has 0 aliphatic rings. The van der Waals surface area contributed by atoms with Crippen LogP contribution >= 0.6 is 0 Å². The van der Waals surface area contributed by atoms with Crippen LogP contribution in [0.4, 0.5) is 0 Å². The summed E-state index contributed by atoms with van der Waals surface area (Å²) in [7, 11) is 1.97. The third kappa shape index (κ3) is 12.7. The predicted molar refractivity (Wildman–Crippen MR) is 52.8 cm³/mol. The van der Waals surface area contributed by atoms with E-state index in [9.17, 15) is 0 Å². The first-order chi connectivity index (χ1) is 7.50. The van der Waals surface area contributed by atoms with E-state index in [2.05, 4.69) is 45.0 Å². The van der Waals surface area contributed by atoms with Crippen molar-refractivity contribution < 1.29 is 30.7 Å². The number of nitroso groups, excluding NO2 is 1. The zero-order valence-electron chi connectivity index (χ0n) is 10.1. The van der Waals surface area contributed by atoms with Gasteiger partial charge in [-0.25, -0.2) is 0 Å². The Balaban J connectivity index is -0.000000106. The van der Waals surface area contributed by atoms with Gasteiger partial charge in [0.05, 0.1) is 12.6 Å². The molecule has 0 amide bonds. The minimum atomic E-state index is 0. The maximum absolute atomic E-state index is 7.50. The van der Waals surface area contributed by atoms with Crippen molar-refractivity contribution in [2.75, 3.05) is 0 Å². The van der Waals surface area contributed by atoms with Crippen LogP contribution in [0.2, 0.25) is 0 Å². The van der Waals surface area contributed by atoms with Crippen molar-refractivity contribution in [3.63, 3.8) is 0 Å². The summed E-state index contributed by atoms with van der Waals surface area (Å²) in [6.45, 7) is 15.5. The van der Waals surface area contributed by atoms with E-state index in [-0.39, 0.29) is 22.3 Å². The molecule has 0 unspecified atom stereocenters. The second kappa shape index (κ2) is 14.8. The largest absolute Gasteiger partial charge is 0.120 e. The van der Waals surface area contributed by atoms with Crippen molar-refractivity contribution >= 4 is 0 Å². The van der Waals surface area contributed by atoms with Gasteiger partial charge in [0.2, 0.25) is 6.33 Å². The van der Waals surface area contributed by atoms with Crippen molar-refractivity contribution in [3.05, 3.63) is 36.9 Å². The van der Waals surface area contributed by atoms with E-state index in [0.717, 1.165) is 0 Å². The van der Waals surface area contributed by atoms with Crippen molar-refractivity contribution in [1.82, 2.24) is 10.2 Å². The first kappa shape index (κ1) is 24.9. The van der Waals surface area contributed by atoms with E-state index in [1.807, 2.05) is 24.0 Å². The third-order valence-corrected chi connectivity index (χ3v) is 1.43. The van der Waals surface area contributed by atoms with Crippen LogP contribution < -0.4 is 10.2 Å². The van der Waals surface area contributed by atoms with Crippen molar-refractivity contribution in [2.24, 2.45) is 7.05 Å². The minimum absolute atomic E-state index is 0. The molecular formula is C10H14CoN3O3. The topological polar surface area (TPSA) is 88.0 Å². The van der Waals surface area contributed by atoms with Gasteiger partial charge in [-0.1, -0.05) is 0 Å². The number of aryl methyl sites for hydroxylation is 1. The summed E-state index contributed by atoms with van der Waals surface area (Å²) in [4.78, 5) is 7.25. The summed E-state index contributed by atoms with van der Waals surface area (Å²) < 4.78 is 19.0. The first-order valence-corrected chi connectivity index (χ1v) is 4.06. The average Bonchev–Trinajstić information content (AvgIpc) is 2.73. The van der Waals surface area contributed by atoms with E-state index in [1.165, 1.54) is 0 Å². The summed E-state index contributed by atoms with van der Waals surface area (Å²) in [5, 5.41) is 0. The van der Waals surface area contributed by atoms with Crippen LogP contribution in [0.1, 0.15) is 20.8 Å². The Kier molecular flexibility index (Phi) is 21.6. The molecule has 0 fully saturated rings. The van der Waals surface area contributed by atoms with Gasteiger partial charge < -0.3 is 9.13 Å².